The molecule has 0 aliphatic carbocycles. The molecule has 0 N–H and O–H groups in total. The Hall–Kier alpha value is -1.64. The molecule has 0 bridgehead atoms. The Kier molecular flexibility index (Phi) is 8.54. The van der Waals surface area contributed by atoms with E-state index in [1.54, 1.807) is 24.3 Å². The van der Waals surface area contributed by atoms with Crippen molar-refractivity contribution in [2.75, 3.05) is 6.61 Å². The Bertz CT molecular complexity index is 366. The van der Waals surface area contributed by atoms with Crippen molar-refractivity contribution in [3.8, 4) is 0 Å². The largest absolute Gasteiger partial charge is 0.462 e. The number of rotatable bonds is 5. The molecule has 0 radical (unpaired) electrons. The third kappa shape index (κ3) is 5.62. The molecule has 0 unspecified atom stereocenters. The fourth-order valence-corrected chi connectivity index (χ4v) is 1.23. The minimum atomic E-state index is -0.330. The first-order chi connectivity index (χ1) is 8.65. The van der Waals surface area contributed by atoms with E-state index in [0.717, 1.165) is 12.8 Å². The summed E-state index contributed by atoms with van der Waals surface area (Å²) >= 11 is 0. The van der Waals surface area contributed by atoms with Crippen LogP contribution in [0.25, 0.3) is 0 Å². The highest BCUT2D eigenvalue weighted by atomic mass is 16.5. The van der Waals surface area contributed by atoms with Gasteiger partial charge in [0.1, 0.15) is 0 Å². The third-order valence-corrected chi connectivity index (χ3v) is 2.26. The van der Waals surface area contributed by atoms with Crippen LogP contribution >= 0.6 is 0 Å². The van der Waals surface area contributed by atoms with Crippen molar-refractivity contribution in [1.29, 1.82) is 0 Å². The minimum absolute atomic E-state index is 0.00843. The number of Topliss-reactive ketones (excluding diaryl/α,β-unsaturated/α-hetero) is 1. The number of unbranched alkanes of at least 4 members (excludes halogenated alkanes) is 1. The SMILES string of the molecule is CC.CCCCOC(=O)c1ccc(C(C)=O)cc1. The van der Waals surface area contributed by atoms with E-state index in [9.17, 15) is 9.59 Å². The number of benzene rings is 1. The van der Waals surface area contributed by atoms with Gasteiger partial charge in [0.25, 0.3) is 0 Å². The summed E-state index contributed by atoms with van der Waals surface area (Å²) in [7, 11) is 0. The summed E-state index contributed by atoms with van der Waals surface area (Å²) in [6, 6.07) is 6.51. The predicted molar refractivity (Wildman–Crippen MR) is 73.0 cm³/mol. The summed E-state index contributed by atoms with van der Waals surface area (Å²) in [6.07, 6.45) is 1.87. The van der Waals surface area contributed by atoms with E-state index in [2.05, 4.69) is 0 Å². The zero-order valence-electron chi connectivity index (χ0n) is 11.7. The van der Waals surface area contributed by atoms with Crippen LogP contribution in [0, 0.1) is 0 Å². The topological polar surface area (TPSA) is 43.4 Å². The number of esters is 1. The normalized spacial score (nSPS) is 9.11. The first kappa shape index (κ1) is 16.4. The van der Waals surface area contributed by atoms with Crippen LogP contribution in [0.5, 0.6) is 0 Å². The fraction of sp³-hybridized carbons (Fsp3) is 0.467. The van der Waals surface area contributed by atoms with Crippen molar-refractivity contribution in [2.45, 2.75) is 40.5 Å². The van der Waals surface area contributed by atoms with Crippen LogP contribution in [-0.2, 0) is 4.74 Å². The molecule has 0 aliphatic rings. The van der Waals surface area contributed by atoms with Gasteiger partial charge in [0.05, 0.1) is 12.2 Å². The standard InChI is InChI=1S/C13H16O3.C2H6/c1-3-4-9-16-13(15)12-7-5-11(6-8-12)10(2)14;1-2/h5-8H,3-4,9H2,1-2H3;1-2H3. The third-order valence-electron chi connectivity index (χ3n) is 2.26. The monoisotopic (exact) mass is 250 g/mol. The van der Waals surface area contributed by atoms with E-state index >= 15 is 0 Å². The molecule has 1 aromatic carbocycles. The van der Waals surface area contributed by atoms with Gasteiger partial charge >= 0.3 is 5.97 Å². The van der Waals surface area contributed by atoms with Gasteiger partial charge in [-0.1, -0.05) is 39.3 Å². The van der Waals surface area contributed by atoms with E-state index < -0.39 is 0 Å². The molecule has 3 nitrogen and oxygen atoms in total. The average Bonchev–Trinajstić information content (AvgIpc) is 2.41. The maximum atomic E-state index is 11.5. The molecule has 100 valence electrons. The Labute approximate surface area is 109 Å². The van der Waals surface area contributed by atoms with E-state index in [0.29, 0.717) is 17.7 Å². The second-order valence-corrected chi connectivity index (χ2v) is 3.62. The van der Waals surface area contributed by atoms with Crippen molar-refractivity contribution < 1.29 is 14.3 Å². The molecular weight excluding hydrogens is 228 g/mol. The van der Waals surface area contributed by atoms with Gasteiger partial charge in [-0.15, -0.1) is 0 Å². The smallest absolute Gasteiger partial charge is 0.338 e. The van der Waals surface area contributed by atoms with Gasteiger partial charge in [0, 0.05) is 5.56 Å². The molecule has 0 aromatic heterocycles. The van der Waals surface area contributed by atoms with Crippen LogP contribution in [0.1, 0.15) is 61.3 Å². The molecule has 18 heavy (non-hydrogen) atoms. The van der Waals surface area contributed by atoms with Gasteiger partial charge in [0.15, 0.2) is 5.78 Å². The van der Waals surface area contributed by atoms with Crippen LogP contribution in [-0.4, -0.2) is 18.4 Å². The highest BCUT2D eigenvalue weighted by Gasteiger charge is 2.07. The fourth-order valence-electron chi connectivity index (χ4n) is 1.23. The number of hydrogen-bond donors (Lipinski definition) is 0. The lowest BCUT2D eigenvalue weighted by atomic mass is 10.1. The second kappa shape index (κ2) is 9.40. The van der Waals surface area contributed by atoms with Gasteiger partial charge in [-0.3, -0.25) is 4.79 Å². The minimum Gasteiger partial charge on any atom is -0.462 e. The molecule has 0 saturated heterocycles. The Morgan fingerprint density at radius 2 is 1.56 bits per heavy atom. The summed E-state index contributed by atoms with van der Waals surface area (Å²) in [4.78, 5) is 22.5. The van der Waals surface area contributed by atoms with Gasteiger partial charge < -0.3 is 4.74 Å². The van der Waals surface area contributed by atoms with Crippen LogP contribution in [0.4, 0.5) is 0 Å². The van der Waals surface area contributed by atoms with Gasteiger partial charge in [-0.25, -0.2) is 4.79 Å². The maximum Gasteiger partial charge on any atom is 0.338 e. The molecule has 0 aliphatic heterocycles. The number of ketones is 1. The van der Waals surface area contributed by atoms with Gasteiger partial charge in [0.2, 0.25) is 0 Å². The first-order valence-electron chi connectivity index (χ1n) is 6.43. The molecule has 0 fully saturated rings. The number of carbonyl (C=O) groups is 2. The molecule has 0 heterocycles. The van der Waals surface area contributed by atoms with Crippen molar-refractivity contribution >= 4 is 11.8 Å². The summed E-state index contributed by atoms with van der Waals surface area (Å²) in [5.74, 6) is -0.338. The number of hydrogen-bond acceptors (Lipinski definition) is 3. The number of carbonyl (C=O) groups excluding carboxylic acids is 2. The van der Waals surface area contributed by atoms with E-state index in [1.807, 2.05) is 20.8 Å². The lowest BCUT2D eigenvalue weighted by molar-refractivity contribution is 0.0499. The summed E-state index contributed by atoms with van der Waals surface area (Å²) in [5, 5.41) is 0. The maximum absolute atomic E-state index is 11.5. The van der Waals surface area contributed by atoms with Gasteiger partial charge in [-0.2, -0.15) is 0 Å². The number of ether oxygens (including phenoxy) is 1. The Balaban J connectivity index is 0.00000137. The summed E-state index contributed by atoms with van der Waals surface area (Å²) < 4.78 is 5.04. The van der Waals surface area contributed by atoms with Crippen LogP contribution < -0.4 is 0 Å². The zero-order chi connectivity index (χ0) is 14.0. The molecule has 3 heteroatoms. The predicted octanol–water partition coefficient (Wildman–Crippen LogP) is 3.87. The molecular formula is C15H22O3. The van der Waals surface area contributed by atoms with E-state index in [1.165, 1.54) is 6.92 Å². The van der Waals surface area contributed by atoms with Crippen LogP contribution in [0.15, 0.2) is 24.3 Å². The van der Waals surface area contributed by atoms with E-state index in [4.69, 9.17) is 4.74 Å². The van der Waals surface area contributed by atoms with Crippen LogP contribution in [0.2, 0.25) is 0 Å². The van der Waals surface area contributed by atoms with Gasteiger partial charge in [-0.05, 0) is 25.5 Å². The van der Waals surface area contributed by atoms with Crippen LogP contribution in [0.3, 0.4) is 0 Å². The lowest BCUT2D eigenvalue weighted by Gasteiger charge is -2.04. The van der Waals surface area contributed by atoms with Crippen molar-refractivity contribution in [1.82, 2.24) is 0 Å². The average molecular weight is 250 g/mol. The highest BCUT2D eigenvalue weighted by molar-refractivity contribution is 5.96. The molecule has 0 amide bonds. The Morgan fingerprint density at radius 1 is 1.06 bits per heavy atom. The van der Waals surface area contributed by atoms with E-state index in [-0.39, 0.29) is 11.8 Å². The summed E-state index contributed by atoms with van der Waals surface area (Å²) in [5.41, 5.74) is 1.09. The van der Waals surface area contributed by atoms with Crippen molar-refractivity contribution in [2.24, 2.45) is 0 Å². The molecule has 0 spiro atoms. The molecule has 1 rings (SSSR count). The summed E-state index contributed by atoms with van der Waals surface area (Å²) in [6.45, 7) is 7.98. The lowest BCUT2D eigenvalue weighted by Crippen LogP contribution is -2.06. The Morgan fingerprint density at radius 3 is 2.00 bits per heavy atom. The highest BCUT2D eigenvalue weighted by Crippen LogP contribution is 2.07. The molecule has 1 aromatic rings. The first-order valence-corrected chi connectivity index (χ1v) is 6.43. The molecule has 0 atom stereocenters. The zero-order valence-corrected chi connectivity index (χ0v) is 11.7. The van der Waals surface area contributed by atoms with Crippen molar-refractivity contribution in [3.63, 3.8) is 0 Å². The van der Waals surface area contributed by atoms with Crippen molar-refractivity contribution in [3.05, 3.63) is 35.4 Å². The second-order valence-electron chi connectivity index (χ2n) is 3.62. The quantitative estimate of drug-likeness (QED) is 0.452. The molecule has 0 saturated carbocycles.